The first-order chi connectivity index (χ1) is 19.4. The summed E-state index contributed by atoms with van der Waals surface area (Å²) < 4.78 is 31.5. The van der Waals surface area contributed by atoms with E-state index in [1.165, 1.54) is 0 Å². The SMILES string of the molecule is CCCCOCCOCCOc1ccc2cc(Nc3nc(N[C@@H]4CCCC[C@@H]4N)c(F)cc3C(N)=O)ccc2n1. The van der Waals surface area contributed by atoms with Crippen molar-refractivity contribution in [2.45, 2.75) is 57.5 Å². The van der Waals surface area contributed by atoms with Crippen molar-refractivity contribution >= 4 is 34.1 Å². The van der Waals surface area contributed by atoms with Crippen molar-refractivity contribution in [3.8, 4) is 5.88 Å². The van der Waals surface area contributed by atoms with E-state index in [2.05, 4.69) is 27.5 Å². The number of rotatable bonds is 15. The van der Waals surface area contributed by atoms with Gasteiger partial charge >= 0.3 is 0 Å². The lowest BCUT2D eigenvalue weighted by atomic mass is 9.91. The molecule has 2 aromatic heterocycles. The highest BCUT2D eigenvalue weighted by Gasteiger charge is 2.24. The number of nitrogens with one attached hydrogen (secondary N) is 2. The first-order valence-electron chi connectivity index (χ1n) is 13.9. The van der Waals surface area contributed by atoms with E-state index in [4.69, 9.17) is 25.7 Å². The number of hydrogen-bond donors (Lipinski definition) is 4. The van der Waals surface area contributed by atoms with Gasteiger partial charge in [-0.1, -0.05) is 26.2 Å². The lowest BCUT2D eigenvalue weighted by molar-refractivity contribution is 0.0351. The number of fused-ring (bicyclic) bond motifs is 1. The standard InChI is InChI=1S/C29H39FN6O4/c1-2-3-12-38-13-14-39-15-16-40-26-11-8-19-17-20(9-10-24(19)34-26)33-28-21(27(32)37)18-22(30)29(36-28)35-25-7-5-4-6-23(25)31/h8-11,17-18,23,25H,2-7,12-16,31H2,1H3,(H2,32,37)(H2,33,35,36)/t23-,25+/m0/s1. The fourth-order valence-electron chi connectivity index (χ4n) is 4.56. The Morgan fingerprint density at radius 1 is 1.00 bits per heavy atom. The summed E-state index contributed by atoms with van der Waals surface area (Å²) in [6.45, 7) is 4.81. The maximum Gasteiger partial charge on any atom is 0.252 e. The molecule has 1 saturated carbocycles. The number of nitrogens with two attached hydrogens (primary N) is 2. The molecule has 0 unspecified atom stereocenters. The van der Waals surface area contributed by atoms with Gasteiger partial charge in [-0.15, -0.1) is 0 Å². The van der Waals surface area contributed by atoms with E-state index in [1.54, 1.807) is 12.1 Å². The summed E-state index contributed by atoms with van der Waals surface area (Å²) in [5, 5.41) is 7.07. The van der Waals surface area contributed by atoms with E-state index in [0.29, 0.717) is 38.0 Å². The van der Waals surface area contributed by atoms with E-state index < -0.39 is 11.7 Å². The third-order valence-electron chi connectivity index (χ3n) is 6.80. The molecule has 0 radical (unpaired) electrons. The lowest BCUT2D eigenvalue weighted by Gasteiger charge is -2.30. The second-order valence-electron chi connectivity index (χ2n) is 9.89. The molecule has 0 saturated heterocycles. The molecule has 1 aromatic carbocycles. The van der Waals surface area contributed by atoms with Gasteiger partial charge in [0, 0.05) is 35.8 Å². The molecule has 0 aliphatic heterocycles. The van der Waals surface area contributed by atoms with Gasteiger partial charge < -0.3 is 36.3 Å². The minimum absolute atomic E-state index is 0.0343. The molecular weight excluding hydrogens is 515 g/mol. The summed E-state index contributed by atoms with van der Waals surface area (Å²) in [5.74, 6) is -0.759. The Bertz CT molecular complexity index is 1280. The molecular formula is C29H39FN6O4. The largest absolute Gasteiger partial charge is 0.475 e. The zero-order valence-electron chi connectivity index (χ0n) is 23.0. The van der Waals surface area contributed by atoms with Crippen LogP contribution in [-0.4, -0.2) is 61.0 Å². The van der Waals surface area contributed by atoms with Crippen molar-refractivity contribution in [2.24, 2.45) is 11.5 Å². The molecule has 6 N–H and O–H groups in total. The van der Waals surface area contributed by atoms with E-state index in [9.17, 15) is 9.18 Å². The number of aromatic nitrogens is 2. The van der Waals surface area contributed by atoms with E-state index in [-0.39, 0.29) is 29.3 Å². The molecule has 0 spiro atoms. The number of nitrogens with zero attached hydrogens (tertiary/aromatic N) is 2. The number of benzene rings is 1. The number of hydrogen-bond acceptors (Lipinski definition) is 9. The monoisotopic (exact) mass is 554 g/mol. The summed E-state index contributed by atoms with van der Waals surface area (Å²) in [5.41, 5.74) is 13.1. The minimum Gasteiger partial charge on any atom is -0.475 e. The van der Waals surface area contributed by atoms with Crippen LogP contribution in [0.3, 0.4) is 0 Å². The van der Waals surface area contributed by atoms with E-state index >= 15 is 0 Å². The molecule has 40 heavy (non-hydrogen) atoms. The highest BCUT2D eigenvalue weighted by atomic mass is 19.1. The average Bonchev–Trinajstić information content (AvgIpc) is 2.94. The highest BCUT2D eigenvalue weighted by molar-refractivity contribution is 5.99. The smallest absolute Gasteiger partial charge is 0.252 e. The van der Waals surface area contributed by atoms with Crippen LogP contribution >= 0.6 is 0 Å². The Balaban J connectivity index is 1.38. The van der Waals surface area contributed by atoms with Gasteiger partial charge in [0.05, 0.1) is 30.9 Å². The lowest BCUT2D eigenvalue weighted by Crippen LogP contribution is -2.43. The van der Waals surface area contributed by atoms with Crippen molar-refractivity contribution in [3.63, 3.8) is 0 Å². The minimum atomic E-state index is -0.785. The summed E-state index contributed by atoms with van der Waals surface area (Å²) >= 11 is 0. The number of anilines is 3. The third kappa shape index (κ3) is 8.23. The highest BCUT2D eigenvalue weighted by Crippen LogP contribution is 2.28. The van der Waals surface area contributed by atoms with Crippen molar-refractivity contribution < 1.29 is 23.4 Å². The maximum absolute atomic E-state index is 14.8. The first-order valence-corrected chi connectivity index (χ1v) is 13.9. The van der Waals surface area contributed by atoms with Crippen LogP contribution in [0.2, 0.25) is 0 Å². The van der Waals surface area contributed by atoms with Crippen LogP contribution in [0.5, 0.6) is 5.88 Å². The van der Waals surface area contributed by atoms with Crippen molar-refractivity contribution in [2.75, 3.05) is 43.7 Å². The predicted octanol–water partition coefficient (Wildman–Crippen LogP) is 4.51. The number of primary amides is 1. The molecule has 1 amide bonds. The van der Waals surface area contributed by atoms with Gasteiger partial charge in [0.1, 0.15) is 12.4 Å². The number of amides is 1. The summed E-state index contributed by atoms with van der Waals surface area (Å²) in [6.07, 6.45) is 5.92. The van der Waals surface area contributed by atoms with Gasteiger partial charge in [-0.3, -0.25) is 4.79 Å². The number of carbonyl (C=O) groups is 1. The molecule has 3 aromatic rings. The van der Waals surface area contributed by atoms with Gasteiger partial charge in [-0.25, -0.2) is 14.4 Å². The Morgan fingerprint density at radius 2 is 1.77 bits per heavy atom. The van der Waals surface area contributed by atoms with Crippen LogP contribution in [0.4, 0.5) is 21.7 Å². The summed E-state index contributed by atoms with van der Waals surface area (Å²) in [7, 11) is 0. The number of pyridine rings is 2. The fraction of sp³-hybridized carbons (Fsp3) is 0.483. The molecule has 4 rings (SSSR count). The second-order valence-corrected chi connectivity index (χ2v) is 9.89. The molecule has 0 bridgehead atoms. The maximum atomic E-state index is 14.8. The Kier molecular flexibility index (Phi) is 10.8. The zero-order valence-corrected chi connectivity index (χ0v) is 23.0. The van der Waals surface area contributed by atoms with Gasteiger partial charge in [0.25, 0.3) is 5.91 Å². The number of ether oxygens (including phenoxy) is 3. The molecule has 1 aliphatic rings. The topological polar surface area (TPSA) is 147 Å². The Morgan fingerprint density at radius 3 is 2.55 bits per heavy atom. The molecule has 216 valence electrons. The van der Waals surface area contributed by atoms with Crippen LogP contribution in [0, 0.1) is 5.82 Å². The van der Waals surface area contributed by atoms with Crippen LogP contribution in [-0.2, 0) is 9.47 Å². The number of unbranched alkanes of at least 4 members (excludes halogenated alkanes) is 1. The van der Waals surface area contributed by atoms with Gasteiger partial charge in [0.2, 0.25) is 5.88 Å². The van der Waals surface area contributed by atoms with E-state index in [1.807, 2.05) is 18.2 Å². The van der Waals surface area contributed by atoms with Gasteiger partial charge in [0.15, 0.2) is 11.6 Å². The molecule has 2 heterocycles. The first kappa shape index (κ1) is 29.4. The fourth-order valence-corrected chi connectivity index (χ4v) is 4.56. The molecule has 1 aliphatic carbocycles. The van der Waals surface area contributed by atoms with Crippen LogP contribution in [0.1, 0.15) is 55.8 Å². The summed E-state index contributed by atoms with van der Waals surface area (Å²) in [4.78, 5) is 21.0. The van der Waals surface area contributed by atoms with Gasteiger partial charge in [-0.05, 0) is 49.6 Å². The van der Waals surface area contributed by atoms with E-state index in [0.717, 1.165) is 62.1 Å². The van der Waals surface area contributed by atoms with Crippen LogP contribution < -0.4 is 26.8 Å². The Labute approximate surface area is 234 Å². The predicted molar refractivity (Wildman–Crippen MR) is 154 cm³/mol. The summed E-state index contributed by atoms with van der Waals surface area (Å²) in [6, 6.07) is 10.0. The third-order valence-corrected chi connectivity index (χ3v) is 6.80. The van der Waals surface area contributed by atoms with Crippen molar-refractivity contribution in [1.29, 1.82) is 0 Å². The van der Waals surface area contributed by atoms with Crippen LogP contribution in [0.15, 0.2) is 36.4 Å². The van der Waals surface area contributed by atoms with Crippen molar-refractivity contribution in [3.05, 3.63) is 47.8 Å². The molecule has 1 fully saturated rings. The Hall–Kier alpha value is -3.54. The zero-order chi connectivity index (χ0) is 28.3. The quantitative estimate of drug-likeness (QED) is 0.199. The number of carbonyl (C=O) groups excluding carboxylic acids is 1. The van der Waals surface area contributed by atoms with Gasteiger partial charge in [-0.2, -0.15) is 0 Å². The van der Waals surface area contributed by atoms with Crippen LogP contribution in [0.25, 0.3) is 10.9 Å². The number of halogens is 1. The van der Waals surface area contributed by atoms with Crippen molar-refractivity contribution in [1.82, 2.24) is 9.97 Å². The molecule has 10 nitrogen and oxygen atoms in total. The molecule has 2 atom stereocenters. The molecule has 11 heteroatoms. The normalized spacial score (nSPS) is 17.1. The average molecular weight is 555 g/mol. The second kappa shape index (κ2) is 14.7.